The summed E-state index contributed by atoms with van der Waals surface area (Å²) in [5.41, 5.74) is 8.36. The summed E-state index contributed by atoms with van der Waals surface area (Å²) in [5, 5.41) is 19.9. The molecule has 0 spiro atoms. The van der Waals surface area contributed by atoms with Crippen LogP contribution in [0.5, 0.6) is 5.06 Å². The molecule has 6 nitrogen and oxygen atoms in total. The monoisotopic (exact) mass is 1110 g/mol. The Kier molecular flexibility index (Phi) is 17.3. The lowest BCUT2D eigenvalue weighted by Crippen LogP contribution is -1.96. The average molecular weight is 1110 g/mol. The van der Waals surface area contributed by atoms with Gasteiger partial charge in [-0.25, -0.2) is 4.79 Å². The van der Waals surface area contributed by atoms with Crippen LogP contribution >= 0.6 is 90.7 Å². The molecule has 380 valence electrons. The normalized spacial score (nSPS) is 12.1. The van der Waals surface area contributed by atoms with Crippen LogP contribution in [-0.4, -0.2) is 32.1 Å². The fourth-order valence-electron chi connectivity index (χ4n) is 10.1. The number of carboxylic acid groups (broad SMARTS) is 1. The minimum atomic E-state index is -0.858. The van der Waals surface area contributed by atoms with Crippen LogP contribution in [0.2, 0.25) is 0 Å². The van der Waals surface area contributed by atoms with Crippen LogP contribution < -0.4 is 4.74 Å². The first-order chi connectivity index (χ1) is 35.3. The maximum absolute atomic E-state index is 11.8. The standard InChI is InChI=1S/C58H66N2O4S8/c1-5-9-13-17-21-36-29-45(49-33-40-56(71-49)54-38(59(40)27-19-15-11-7-3)31-47(69-54)42-23-24-44(65-42)58(62)63)67-52(36)53-37(22-18-14-10-6-2)30-46(68-53)50-34-41-57(72-50)55-39(60(41)28-20-16-12-8-4)32-48(70-55)43-25-26-51(66-43)64-35-61/h23-26,29-34,61H,5-22,27-28,35H2,1-4H3,(H,62,63). The second-order valence-corrected chi connectivity index (χ2v) is 27.6. The summed E-state index contributed by atoms with van der Waals surface area (Å²) in [7, 11) is 0. The molecule has 10 rings (SSSR count). The molecule has 0 unspecified atom stereocenters. The predicted octanol–water partition coefficient (Wildman–Crippen LogP) is 21.2. The number of unbranched alkanes of at least 4 members (excludes halogenated alkanes) is 12. The summed E-state index contributed by atoms with van der Waals surface area (Å²) in [4.78, 5) is 25.3. The van der Waals surface area contributed by atoms with Crippen molar-refractivity contribution in [1.82, 2.24) is 9.13 Å². The molecular weight excluding hydrogens is 1050 g/mol. The zero-order chi connectivity index (χ0) is 49.7. The number of thiophene rings is 8. The highest BCUT2D eigenvalue weighted by Crippen LogP contribution is 2.53. The van der Waals surface area contributed by atoms with E-state index in [1.165, 1.54) is 199 Å². The van der Waals surface area contributed by atoms with Gasteiger partial charge in [-0.15, -0.1) is 79.4 Å². The summed E-state index contributed by atoms with van der Waals surface area (Å²) >= 11 is 14.7. The van der Waals surface area contributed by atoms with Crippen molar-refractivity contribution in [2.45, 2.75) is 156 Å². The number of carboxylic acids is 1. The zero-order valence-corrected chi connectivity index (χ0v) is 48.5. The van der Waals surface area contributed by atoms with Gasteiger partial charge in [-0.2, -0.15) is 0 Å². The van der Waals surface area contributed by atoms with Gasteiger partial charge in [-0.1, -0.05) is 116 Å². The molecule has 0 bridgehead atoms. The molecule has 10 aromatic rings. The molecule has 0 saturated carbocycles. The second kappa shape index (κ2) is 24.0. The Morgan fingerprint density at radius 3 is 1.24 bits per heavy atom. The van der Waals surface area contributed by atoms with Crippen molar-refractivity contribution >= 4 is 138 Å². The van der Waals surface area contributed by atoms with E-state index in [2.05, 4.69) is 79.3 Å². The van der Waals surface area contributed by atoms with Gasteiger partial charge in [0.25, 0.3) is 0 Å². The first-order valence-corrected chi connectivity index (χ1v) is 32.9. The number of rotatable bonds is 28. The SMILES string of the molecule is CCCCCCc1cc(-c2cc3c(s2)c2sc(-c4ccc(OCO)s4)cc2n3CCCCCC)sc1-c1sc(-c2cc3c(s2)c2sc(-c4ccc(C(=O)O)s4)cc2n3CCCCCC)cc1CCCCCC. The average Bonchev–Trinajstić information content (AvgIpc) is 4.22. The van der Waals surface area contributed by atoms with E-state index in [0.29, 0.717) is 4.88 Å². The number of carbonyl (C=O) groups is 1. The molecule has 14 heteroatoms. The third-order valence-electron chi connectivity index (χ3n) is 13.9. The topological polar surface area (TPSA) is 76.6 Å². The summed E-state index contributed by atoms with van der Waals surface area (Å²) in [6.07, 6.45) is 21.9. The van der Waals surface area contributed by atoms with Crippen LogP contribution in [0.15, 0.2) is 60.7 Å². The number of hydrogen-bond acceptors (Lipinski definition) is 11. The van der Waals surface area contributed by atoms with Crippen LogP contribution in [0.25, 0.3) is 89.6 Å². The highest BCUT2D eigenvalue weighted by molar-refractivity contribution is 7.35. The van der Waals surface area contributed by atoms with Gasteiger partial charge in [-0.05, 0) is 110 Å². The van der Waals surface area contributed by atoms with Gasteiger partial charge >= 0.3 is 5.97 Å². The molecule has 10 aromatic heterocycles. The molecule has 0 aliphatic heterocycles. The van der Waals surface area contributed by atoms with Gasteiger partial charge in [-0.3, -0.25) is 0 Å². The number of aliphatic hydroxyl groups excluding tert-OH is 1. The van der Waals surface area contributed by atoms with Crippen molar-refractivity contribution < 1.29 is 19.7 Å². The number of nitrogens with zero attached hydrogens (tertiary/aromatic N) is 2. The van der Waals surface area contributed by atoms with Crippen LogP contribution in [0.1, 0.15) is 151 Å². The number of hydrogen-bond donors (Lipinski definition) is 2. The molecule has 0 atom stereocenters. The van der Waals surface area contributed by atoms with E-state index in [-0.39, 0.29) is 6.79 Å². The first-order valence-electron chi connectivity index (χ1n) is 26.4. The van der Waals surface area contributed by atoms with Crippen LogP contribution in [0.4, 0.5) is 0 Å². The second-order valence-electron chi connectivity index (χ2n) is 19.1. The van der Waals surface area contributed by atoms with Crippen molar-refractivity contribution in [3.05, 3.63) is 76.7 Å². The van der Waals surface area contributed by atoms with E-state index in [0.717, 1.165) is 47.2 Å². The van der Waals surface area contributed by atoms with E-state index in [9.17, 15) is 15.0 Å². The number of aromatic carboxylic acids is 1. The molecular formula is C58H66N2O4S8. The molecule has 0 radical (unpaired) electrons. The Balaban J connectivity index is 1.06. The smallest absolute Gasteiger partial charge is 0.345 e. The lowest BCUT2D eigenvalue weighted by Gasteiger charge is -2.06. The Hall–Kier alpha value is -3.57. The van der Waals surface area contributed by atoms with Crippen LogP contribution in [0, 0.1) is 0 Å². The fraction of sp³-hybridized carbons (Fsp3) is 0.431. The molecule has 2 N–H and O–H groups in total. The highest BCUT2D eigenvalue weighted by Gasteiger charge is 2.25. The number of aromatic nitrogens is 2. The lowest BCUT2D eigenvalue weighted by atomic mass is 10.0. The van der Waals surface area contributed by atoms with Gasteiger partial charge in [0.1, 0.15) is 4.88 Å². The van der Waals surface area contributed by atoms with Crippen LogP contribution in [0.3, 0.4) is 0 Å². The molecule has 10 heterocycles. The largest absolute Gasteiger partial charge is 0.477 e. The quantitative estimate of drug-likeness (QED) is 0.0378. The van der Waals surface area contributed by atoms with E-state index in [1.54, 1.807) is 17.4 Å². The van der Waals surface area contributed by atoms with E-state index in [1.807, 2.05) is 80.2 Å². The zero-order valence-electron chi connectivity index (χ0n) is 42.0. The maximum Gasteiger partial charge on any atom is 0.345 e. The van der Waals surface area contributed by atoms with E-state index in [4.69, 9.17) is 4.74 Å². The number of aliphatic hydroxyl groups is 1. The number of fused-ring (bicyclic) bond motifs is 6. The van der Waals surface area contributed by atoms with Crippen molar-refractivity contribution in [3.63, 3.8) is 0 Å². The Morgan fingerprint density at radius 2 is 0.833 bits per heavy atom. The predicted molar refractivity (Wildman–Crippen MR) is 321 cm³/mol. The molecule has 0 fully saturated rings. The summed E-state index contributed by atoms with van der Waals surface area (Å²) < 4.78 is 16.1. The summed E-state index contributed by atoms with van der Waals surface area (Å²) in [6.45, 7) is 10.9. The fourth-order valence-corrected chi connectivity index (χ4v) is 19.7. The molecule has 0 aromatic carbocycles. The summed E-state index contributed by atoms with van der Waals surface area (Å²) in [6, 6.07) is 22.7. The van der Waals surface area contributed by atoms with Crippen molar-refractivity contribution in [2.75, 3.05) is 6.79 Å². The minimum absolute atomic E-state index is 0.309. The Bertz CT molecular complexity index is 3400. The van der Waals surface area contributed by atoms with Crippen molar-refractivity contribution in [1.29, 1.82) is 0 Å². The first kappa shape index (κ1) is 51.9. The number of aryl methyl sites for hydroxylation is 4. The van der Waals surface area contributed by atoms with Crippen LogP contribution in [-0.2, 0) is 25.9 Å². The van der Waals surface area contributed by atoms with Crippen molar-refractivity contribution in [2.24, 2.45) is 0 Å². The number of ether oxygens (including phenoxy) is 1. The van der Waals surface area contributed by atoms with Gasteiger partial charge < -0.3 is 24.1 Å². The van der Waals surface area contributed by atoms with Gasteiger partial charge in [0, 0.05) is 61.9 Å². The van der Waals surface area contributed by atoms with Gasteiger partial charge in [0.2, 0.25) is 0 Å². The van der Waals surface area contributed by atoms with Gasteiger partial charge in [0.05, 0.1) is 40.9 Å². The highest BCUT2D eigenvalue weighted by atomic mass is 32.1. The molecule has 0 saturated heterocycles. The molecule has 0 aliphatic rings. The molecule has 72 heavy (non-hydrogen) atoms. The van der Waals surface area contributed by atoms with Gasteiger partial charge in [0.15, 0.2) is 11.9 Å². The summed E-state index contributed by atoms with van der Waals surface area (Å²) in [5.74, 6) is -0.858. The van der Waals surface area contributed by atoms with E-state index >= 15 is 0 Å². The minimum Gasteiger partial charge on any atom is -0.477 e. The Labute approximate surface area is 456 Å². The molecule has 0 amide bonds. The third kappa shape index (κ3) is 10.9. The van der Waals surface area contributed by atoms with Crippen molar-refractivity contribution in [3.8, 4) is 53.8 Å². The Morgan fingerprint density at radius 1 is 0.444 bits per heavy atom. The molecule has 0 aliphatic carbocycles. The lowest BCUT2D eigenvalue weighted by molar-refractivity contribution is 0.0702. The maximum atomic E-state index is 11.8. The van der Waals surface area contributed by atoms with E-state index < -0.39 is 5.97 Å². The third-order valence-corrected chi connectivity index (χ3v) is 24.1.